The average molecular weight is 224 g/mol. The van der Waals surface area contributed by atoms with Gasteiger partial charge in [-0.3, -0.25) is 4.90 Å². The first-order valence-electron chi connectivity index (χ1n) is 6.59. The molecule has 2 nitrogen and oxygen atoms in total. The van der Waals surface area contributed by atoms with E-state index in [1.165, 1.54) is 19.3 Å². The first-order chi connectivity index (χ1) is 7.48. The van der Waals surface area contributed by atoms with Gasteiger partial charge >= 0.3 is 0 Å². The topological polar surface area (TPSA) is 15.3 Å². The summed E-state index contributed by atoms with van der Waals surface area (Å²) in [6, 6.07) is 1.48. The van der Waals surface area contributed by atoms with E-state index < -0.39 is 0 Å². The van der Waals surface area contributed by atoms with Gasteiger partial charge in [-0.15, -0.1) is 6.58 Å². The fourth-order valence-electron chi connectivity index (χ4n) is 2.07. The van der Waals surface area contributed by atoms with Gasteiger partial charge in [-0.25, -0.2) is 0 Å². The van der Waals surface area contributed by atoms with Crippen molar-refractivity contribution >= 4 is 0 Å². The summed E-state index contributed by atoms with van der Waals surface area (Å²) in [4.78, 5) is 2.62. The van der Waals surface area contributed by atoms with Gasteiger partial charge < -0.3 is 5.32 Å². The molecule has 0 spiro atoms. The maximum atomic E-state index is 3.87. The molecule has 1 aliphatic carbocycles. The molecule has 94 valence electrons. The highest BCUT2D eigenvalue weighted by Gasteiger charge is 2.32. The number of hydrogen-bond donors (Lipinski definition) is 1. The van der Waals surface area contributed by atoms with Crippen LogP contribution in [0.3, 0.4) is 0 Å². The first kappa shape index (κ1) is 13.7. The van der Waals surface area contributed by atoms with Gasteiger partial charge in [0, 0.05) is 30.7 Å². The molecule has 0 aliphatic heterocycles. The highest BCUT2D eigenvalue weighted by molar-refractivity contribution is 4.93. The zero-order valence-corrected chi connectivity index (χ0v) is 11.4. The lowest BCUT2D eigenvalue weighted by Crippen LogP contribution is -2.48. The van der Waals surface area contributed by atoms with E-state index >= 15 is 0 Å². The number of nitrogens with one attached hydrogen (secondary N) is 1. The van der Waals surface area contributed by atoms with Crippen molar-refractivity contribution in [1.82, 2.24) is 10.2 Å². The van der Waals surface area contributed by atoms with Gasteiger partial charge in [0.15, 0.2) is 0 Å². The number of hydrogen-bond acceptors (Lipinski definition) is 2. The van der Waals surface area contributed by atoms with Gasteiger partial charge in [0.25, 0.3) is 0 Å². The molecule has 1 fully saturated rings. The van der Waals surface area contributed by atoms with Crippen LogP contribution >= 0.6 is 0 Å². The third-order valence-corrected chi connectivity index (χ3v) is 3.16. The molecule has 1 unspecified atom stereocenters. The SMILES string of the molecule is C=CCN(C1CC1)C(CC)CNC(C)(C)C. The molecule has 16 heavy (non-hydrogen) atoms. The maximum absolute atomic E-state index is 3.87. The Hall–Kier alpha value is -0.340. The van der Waals surface area contributed by atoms with Crippen molar-refractivity contribution in [3.05, 3.63) is 12.7 Å². The van der Waals surface area contributed by atoms with Gasteiger partial charge in [0.2, 0.25) is 0 Å². The highest BCUT2D eigenvalue weighted by Crippen LogP contribution is 2.29. The average Bonchev–Trinajstić information content (AvgIpc) is 2.98. The zero-order valence-electron chi connectivity index (χ0n) is 11.4. The Morgan fingerprint density at radius 3 is 2.44 bits per heavy atom. The molecule has 0 bridgehead atoms. The molecule has 0 amide bonds. The molecule has 0 saturated heterocycles. The van der Waals surface area contributed by atoms with Crippen molar-refractivity contribution < 1.29 is 0 Å². The molecule has 0 heterocycles. The molecule has 2 heteroatoms. The second-order valence-corrected chi connectivity index (χ2v) is 5.91. The third-order valence-electron chi connectivity index (χ3n) is 3.16. The predicted octanol–water partition coefficient (Wildman–Crippen LogP) is 2.80. The quantitative estimate of drug-likeness (QED) is 0.669. The molecule has 0 aromatic carbocycles. The largest absolute Gasteiger partial charge is 0.311 e. The van der Waals surface area contributed by atoms with Crippen LogP contribution in [0.5, 0.6) is 0 Å². The van der Waals surface area contributed by atoms with E-state index in [2.05, 4.69) is 44.5 Å². The van der Waals surface area contributed by atoms with Crippen LogP contribution in [0.4, 0.5) is 0 Å². The molecule has 0 radical (unpaired) electrons. The van der Waals surface area contributed by atoms with Crippen molar-refractivity contribution in [2.24, 2.45) is 0 Å². The molecule has 0 aromatic heterocycles. The Morgan fingerprint density at radius 1 is 1.44 bits per heavy atom. The van der Waals surface area contributed by atoms with Crippen LogP contribution in [0.25, 0.3) is 0 Å². The first-order valence-corrected chi connectivity index (χ1v) is 6.59. The van der Waals surface area contributed by atoms with Crippen LogP contribution in [0.2, 0.25) is 0 Å². The summed E-state index contributed by atoms with van der Waals surface area (Å²) in [5.74, 6) is 0. The number of nitrogens with zero attached hydrogens (tertiary/aromatic N) is 1. The Bertz CT molecular complexity index is 213. The monoisotopic (exact) mass is 224 g/mol. The van der Waals surface area contributed by atoms with E-state index in [4.69, 9.17) is 0 Å². The van der Waals surface area contributed by atoms with Gasteiger partial charge in [0.05, 0.1) is 0 Å². The second-order valence-electron chi connectivity index (χ2n) is 5.91. The fourth-order valence-corrected chi connectivity index (χ4v) is 2.07. The summed E-state index contributed by atoms with van der Waals surface area (Å²) in [5.41, 5.74) is 0.219. The summed E-state index contributed by atoms with van der Waals surface area (Å²) in [6.45, 7) is 15.0. The molecule has 1 N–H and O–H groups in total. The Morgan fingerprint density at radius 2 is 2.06 bits per heavy atom. The number of rotatable bonds is 7. The van der Waals surface area contributed by atoms with Gasteiger partial charge in [-0.1, -0.05) is 13.0 Å². The smallest absolute Gasteiger partial charge is 0.0224 e. The zero-order chi connectivity index (χ0) is 12.2. The maximum Gasteiger partial charge on any atom is 0.0224 e. The normalized spacial score (nSPS) is 18.8. The van der Waals surface area contributed by atoms with E-state index in [-0.39, 0.29) is 5.54 Å². The second kappa shape index (κ2) is 5.83. The van der Waals surface area contributed by atoms with Crippen LogP contribution < -0.4 is 5.32 Å². The summed E-state index contributed by atoms with van der Waals surface area (Å²) in [7, 11) is 0. The molecular weight excluding hydrogens is 196 g/mol. The van der Waals surface area contributed by atoms with Crippen LogP contribution in [0.15, 0.2) is 12.7 Å². The lowest BCUT2D eigenvalue weighted by Gasteiger charge is -2.33. The van der Waals surface area contributed by atoms with E-state index in [1.54, 1.807) is 0 Å². The molecule has 1 aliphatic rings. The summed E-state index contributed by atoms with van der Waals surface area (Å²) in [5, 5.41) is 3.62. The molecule has 1 atom stereocenters. The highest BCUT2D eigenvalue weighted by atomic mass is 15.2. The van der Waals surface area contributed by atoms with E-state index in [9.17, 15) is 0 Å². The van der Waals surface area contributed by atoms with Crippen molar-refractivity contribution in [2.45, 2.75) is 64.6 Å². The minimum Gasteiger partial charge on any atom is -0.311 e. The molecule has 0 aromatic rings. The summed E-state index contributed by atoms with van der Waals surface area (Å²) < 4.78 is 0. The van der Waals surface area contributed by atoms with Crippen molar-refractivity contribution in [3.63, 3.8) is 0 Å². The van der Waals surface area contributed by atoms with Gasteiger partial charge in [0.1, 0.15) is 0 Å². The Labute approximate surface area is 101 Å². The standard InChI is InChI=1S/C14H28N2/c1-6-10-16(13-8-9-13)12(7-2)11-15-14(3,4)5/h6,12-13,15H,1,7-11H2,2-5H3. The van der Waals surface area contributed by atoms with Gasteiger partial charge in [-0.2, -0.15) is 0 Å². The van der Waals surface area contributed by atoms with E-state index in [0.29, 0.717) is 6.04 Å². The van der Waals surface area contributed by atoms with Crippen LogP contribution in [0.1, 0.15) is 47.0 Å². The predicted molar refractivity (Wildman–Crippen MR) is 71.8 cm³/mol. The minimum atomic E-state index is 0.219. The molecule has 1 rings (SSSR count). The van der Waals surface area contributed by atoms with Crippen molar-refractivity contribution in [2.75, 3.05) is 13.1 Å². The fraction of sp³-hybridized carbons (Fsp3) is 0.857. The lowest BCUT2D eigenvalue weighted by atomic mass is 10.1. The van der Waals surface area contributed by atoms with Crippen molar-refractivity contribution in [1.29, 1.82) is 0 Å². The van der Waals surface area contributed by atoms with Crippen LogP contribution in [0, 0.1) is 0 Å². The minimum absolute atomic E-state index is 0.219. The van der Waals surface area contributed by atoms with Crippen LogP contribution in [-0.4, -0.2) is 35.6 Å². The Kier molecular flexibility index (Phi) is 5.00. The summed E-state index contributed by atoms with van der Waals surface area (Å²) >= 11 is 0. The van der Waals surface area contributed by atoms with E-state index in [0.717, 1.165) is 19.1 Å². The van der Waals surface area contributed by atoms with E-state index in [1.807, 2.05) is 6.08 Å². The van der Waals surface area contributed by atoms with Crippen molar-refractivity contribution in [3.8, 4) is 0 Å². The summed E-state index contributed by atoms with van der Waals surface area (Å²) in [6.07, 6.45) is 6.01. The van der Waals surface area contributed by atoms with Crippen LogP contribution in [-0.2, 0) is 0 Å². The lowest BCUT2D eigenvalue weighted by molar-refractivity contribution is 0.186. The molecular formula is C14H28N2. The third kappa shape index (κ3) is 4.67. The Balaban J connectivity index is 2.46. The molecule has 1 saturated carbocycles. The van der Waals surface area contributed by atoms with Gasteiger partial charge in [-0.05, 0) is 40.0 Å².